The number of nitrogens with zero attached hydrogens (tertiary/aromatic N) is 1. The van der Waals surface area contributed by atoms with Crippen LogP contribution in [0.1, 0.15) is 95.1 Å². The van der Waals surface area contributed by atoms with E-state index in [0.717, 1.165) is 23.7 Å². The average molecular weight is 396 g/mol. The Labute approximate surface area is 170 Å². The molecule has 2 aliphatic carbocycles. The Morgan fingerprint density at radius 2 is 1.62 bits per heavy atom. The van der Waals surface area contributed by atoms with Crippen molar-refractivity contribution in [3.05, 3.63) is 34.3 Å². The van der Waals surface area contributed by atoms with E-state index in [-0.39, 0.29) is 4.87 Å². The highest BCUT2D eigenvalue weighted by molar-refractivity contribution is 6.31. The van der Waals surface area contributed by atoms with Gasteiger partial charge >= 0.3 is 0 Å². The monoisotopic (exact) mass is 395 g/mol. The van der Waals surface area contributed by atoms with Crippen LogP contribution in [0.4, 0.5) is 0 Å². The highest BCUT2D eigenvalue weighted by atomic mass is 35.5. The van der Waals surface area contributed by atoms with E-state index in [1.54, 1.807) is 0 Å². The second-order valence-electron chi connectivity index (χ2n) is 8.62. The van der Waals surface area contributed by atoms with Gasteiger partial charge in [0.2, 0.25) is 0 Å². The van der Waals surface area contributed by atoms with Crippen LogP contribution >= 0.6 is 23.2 Å². The summed E-state index contributed by atoms with van der Waals surface area (Å²) in [4.78, 5) is 2.21. The third kappa shape index (κ3) is 4.97. The van der Waals surface area contributed by atoms with E-state index in [0.29, 0.717) is 12.0 Å². The molecule has 1 unspecified atom stereocenters. The quantitative estimate of drug-likeness (QED) is 0.450. The van der Waals surface area contributed by atoms with Crippen molar-refractivity contribution in [1.82, 2.24) is 4.90 Å². The minimum absolute atomic E-state index is 0.387. The highest BCUT2D eigenvalue weighted by Crippen LogP contribution is 2.39. The summed E-state index contributed by atoms with van der Waals surface area (Å²) in [6.45, 7) is 6.39. The lowest BCUT2D eigenvalue weighted by atomic mass is 9.83. The summed E-state index contributed by atoms with van der Waals surface area (Å²) in [5.41, 5.74) is 2.50. The third-order valence-electron chi connectivity index (χ3n) is 6.64. The fourth-order valence-corrected chi connectivity index (χ4v) is 5.62. The second-order valence-corrected chi connectivity index (χ2v) is 9.86. The van der Waals surface area contributed by atoms with Crippen LogP contribution in [0.2, 0.25) is 5.02 Å². The molecule has 0 bridgehead atoms. The van der Waals surface area contributed by atoms with Gasteiger partial charge in [0.1, 0.15) is 0 Å². The van der Waals surface area contributed by atoms with Crippen LogP contribution in [0, 0.1) is 0 Å². The summed E-state index contributed by atoms with van der Waals surface area (Å²) in [5, 5.41) is 0.919. The molecule has 1 aromatic carbocycles. The van der Waals surface area contributed by atoms with Crippen LogP contribution in [-0.2, 0) is 4.87 Å². The van der Waals surface area contributed by atoms with Gasteiger partial charge in [-0.15, -0.1) is 11.6 Å². The van der Waals surface area contributed by atoms with Gasteiger partial charge in [0.25, 0.3) is 0 Å². The maximum atomic E-state index is 7.06. The van der Waals surface area contributed by atoms with E-state index in [2.05, 4.69) is 36.9 Å². The van der Waals surface area contributed by atoms with Crippen molar-refractivity contribution in [2.45, 2.75) is 94.9 Å². The first kappa shape index (κ1) is 20.5. The molecule has 2 aliphatic rings. The molecule has 146 valence electrons. The van der Waals surface area contributed by atoms with Crippen LogP contribution in [0.5, 0.6) is 0 Å². The summed E-state index contributed by atoms with van der Waals surface area (Å²) >= 11 is 13.8. The molecular weight excluding hydrogens is 361 g/mol. The van der Waals surface area contributed by atoms with Gasteiger partial charge in [0.15, 0.2) is 0 Å². The zero-order valence-corrected chi connectivity index (χ0v) is 18.1. The molecule has 0 aliphatic heterocycles. The third-order valence-corrected chi connectivity index (χ3v) is 7.31. The first-order chi connectivity index (χ1) is 12.5. The Morgan fingerprint density at radius 1 is 1.00 bits per heavy atom. The molecule has 1 aromatic rings. The number of hydrogen-bond acceptors (Lipinski definition) is 1. The second kappa shape index (κ2) is 9.30. The molecule has 2 saturated carbocycles. The molecule has 1 atom stereocenters. The number of rotatable bonds is 6. The van der Waals surface area contributed by atoms with E-state index in [9.17, 15) is 0 Å². The van der Waals surface area contributed by atoms with Gasteiger partial charge in [-0.25, -0.2) is 0 Å². The fraction of sp³-hybridized carbons (Fsp3) is 0.739. The molecule has 0 aromatic heterocycles. The normalized spacial score (nSPS) is 22.5. The minimum atomic E-state index is -0.387. The smallest absolute Gasteiger partial charge is 0.0794 e. The molecule has 1 nitrogen and oxygen atoms in total. The van der Waals surface area contributed by atoms with Crippen LogP contribution in [0.3, 0.4) is 0 Å². The largest absolute Gasteiger partial charge is 0.299 e. The van der Waals surface area contributed by atoms with Crippen LogP contribution in [0.25, 0.3) is 0 Å². The van der Waals surface area contributed by atoms with Gasteiger partial charge in [-0.3, -0.25) is 4.90 Å². The number of halogens is 2. The average Bonchev–Trinajstić information content (AvgIpc) is 2.67. The van der Waals surface area contributed by atoms with Crippen molar-refractivity contribution < 1.29 is 0 Å². The molecular formula is C23H35Cl2N. The lowest BCUT2D eigenvalue weighted by Crippen LogP contribution is -2.43. The van der Waals surface area contributed by atoms with Crippen molar-refractivity contribution in [2.75, 3.05) is 13.1 Å². The zero-order valence-electron chi connectivity index (χ0n) is 16.6. The predicted octanol–water partition coefficient (Wildman–Crippen LogP) is 7.50. The topological polar surface area (TPSA) is 3.24 Å². The SMILES string of the molecule is CCN(CC(C)(Cl)c1ccc(C2CCCCC2)c(Cl)c1)C1CCCCC1. The van der Waals surface area contributed by atoms with E-state index in [1.165, 1.54) is 69.8 Å². The fourth-order valence-electron chi connectivity index (χ4n) is 5.01. The molecule has 0 spiro atoms. The minimum Gasteiger partial charge on any atom is -0.299 e. The van der Waals surface area contributed by atoms with Gasteiger partial charge in [-0.05, 0) is 62.3 Å². The van der Waals surface area contributed by atoms with Gasteiger partial charge in [0, 0.05) is 17.6 Å². The maximum absolute atomic E-state index is 7.06. The number of alkyl halides is 1. The molecule has 0 radical (unpaired) electrons. The van der Waals surface area contributed by atoms with Crippen molar-refractivity contribution >= 4 is 23.2 Å². The highest BCUT2D eigenvalue weighted by Gasteiger charge is 2.31. The predicted molar refractivity (Wildman–Crippen MR) is 115 cm³/mol. The Hall–Kier alpha value is -0.240. The maximum Gasteiger partial charge on any atom is 0.0794 e. The summed E-state index contributed by atoms with van der Waals surface area (Å²) < 4.78 is 0. The van der Waals surface area contributed by atoms with Gasteiger partial charge in [-0.2, -0.15) is 0 Å². The number of hydrogen-bond donors (Lipinski definition) is 0. The van der Waals surface area contributed by atoms with Crippen molar-refractivity contribution in [2.24, 2.45) is 0 Å². The van der Waals surface area contributed by atoms with E-state index < -0.39 is 0 Å². The first-order valence-corrected chi connectivity index (χ1v) is 11.5. The summed E-state index contributed by atoms with van der Waals surface area (Å²) in [6.07, 6.45) is 13.4. The van der Waals surface area contributed by atoms with Crippen molar-refractivity contribution in [1.29, 1.82) is 0 Å². The molecule has 3 rings (SSSR count). The Kier molecular flexibility index (Phi) is 7.33. The Bertz CT molecular complexity index is 572. The zero-order chi connectivity index (χ0) is 18.6. The summed E-state index contributed by atoms with van der Waals surface area (Å²) in [6, 6.07) is 7.33. The van der Waals surface area contributed by atoms with Crippen LogP contribution in [-0.4, -0.2) is 24.0 Å². The standard InChI is InChI=1S/C23H35Cl2N/c1-3-26(20-12-8-5-9-13-20)17-23(2,25)19-14-15-21(22(24)16-19)18-10-6-4-7-11-18/h14-16,18,20H,3-13,17H2,1-2H3. The van der Waals surface area contributed by atoms with Crippen molar-refractivity contribution in [3.63, 3.8) is 0 Å². The molecule has 26 heavy (non-hydrogen) atoms. The Balaban J connectivity index is 1.72. The Morgan fingerprint density at radius 3 is 2.19 bits per heavy atom. The van der Waals surface area contributed by atoms with Crippen molar-refractivity contribution in [3.8, 4) is 0 Å². The van der Waals surface area contributed by atoms with Crippen LogP contribution < -0.4 is 0 Å². The van der Waals surface area contributed by atoms with Gasteiger partial charge < -0.3 is 0 Å². The molecule has 3 heteroatoms. The van der Waals surface area contributed by atoms with E-state index in [1.807, 2.05) is 0 Å². The first-order valence-electron chi connectivity index (χ1n) is 10.7. The number of benzene rings is 1. The molecule has 2 fully saturated rings. The van der Waals surface area contributed by atoms with Gasteiger partial charge in [0.05, 0.1) is 4.87 Å². The van der Waals surface area contributed by atoms with Gasteiger partial charge in [-0.1, -0.05) is 69.2 Å². The molecule has 0 amide bonds. The van der Waals surface area contributed by atoms with Crippen LogP contribution in [0.15, 0.2) is 18.2 Å². The summed E-state index contributed by atoms with van der Waals surface area (Å²) in [7, 11) is 0. The molecule has 0 heterocycles. The molecule has 0 saturated heterocycles. The lowest BCUT2D eigenvalue weighted by Gasteiger charge is -2.38. The number of likely N-dealkylation sites (N-methyl/N-ethyl adjacent to an activating group) is 1. The lowest BCUT2D eigenvalue weighted by molar-refractivity contribution is 0.149. The van der Waals surface area contributed by atoms with E-state index in [4.69, 9.17) is 23.2 Å². The summed E-state index contributed by atoms with van der Waals surface area (Å²) in [5.74, 6) is 0.640. The molecule has 0 N–H and O–H groups in total. The van der Waals surface area contributed by atoms with E-state index >= 15 is 0 Å².